The standard InChI is InChI=1S/C20H20N2O4S/c1-12-7-8-13(9-16(12)23)20(25)26-11-18(24)22-19-15(10-21)14-5-3-2-4-6-17(14)27-19/h7-9,23H,2-6,11H2,1H3,(H,22,24). The Hall–Kier alpha value is -2.85. The Morgan fingerprint density at radius 2 is 2.07 bits per heavy atom. The van der Waals surface area contributed by atoms with Crippen LogP contribution in [0.25, 0.3) is 0 Å². The molecule has 0 unspecified atom stereocenters. The molecule has 0 aliphatic heterocycles. The minimum atomic E-state index is -0.692. The Bertz CT molecular complexity index is 927. The third kappa shape index (κ3) is 4.29. The van der Waals surface area contributed by atoms with E-state index in [1.807, 2.05) is 0 Å². The van der Waals surface area contributed by atoms with Gasteiger partial charge in [-0.3, -0.25) is 4.79 Å². The quantitative estimate of drug-likeness (QED) is 0.618. The number of thiophene rings is 1. The molecule has 1 aromatic carbocycles. The lowest BCUT2D eigenvalue weighted by Gasteiger charge is -2.07. The van der Waals surface area contributed by atoms with E-state index in [0.29, 0.717) is 16.1 Å². The maximum absolute atomic E-state index is 12.2. The SMILES string of the molecule is Cc1ccc(C(=O)OCC(=O)Nc2sc3c(c2C#N)CCCCC3)cc1O. The van der Waals surface area contributed by atoms with E-state index in [0.717, 1.165) is 42.5 Å². The van der Waals surface area contributed by atoms with Crippen molar-refractivity contribution in [2.45, 2.75) is 39.0 Å². The highest BCUT2D eigenvalue weighted by atomic mass is 32.1. The number of nitriles is 1. The normalized spacial score (nSPS) is 13.2. The fourth-order valence-electron chi connectivity index (χ4n) is 3.06. The number of aryl methyl sites for hydroxylation is 2. The molecule has 0 saturated carbocycles. The predicted molar refractivity (Wildman–Crippen MR) is 102 cm³/mol. The molecule has 2 N–H and O–H groups in total. The summed E-state index contributed by atoms with van der Waals surface area (Å²) in [6.07, 6.45) is 5.07. The van der Waals surface area contributed by atoms with Crippen molar-refractivity contribution in [3.8, 4) is 11.8 Å². The highest BCUT2D eigenvalue weighted by molar-refractivity contribution is 7.16. The van der Waals surface area contributed by atoms with Crippen molar-refractivity contribution in [1.29, 1.82) is 5.26 Å². The fourth-order valence-corrected chi connectivity index (χ4v) is 4.32. The number of anilines is 1. The Morgan fingerprint density at radius 1 is 1.30 bits per heavy atom. The molecule has 0 radical (unpaired) electrons. The molecule has 6 nitrogen and oxygen atoms in total. The number of phenolic OH excluding ortho intramolecular Hbond substituents is 1. The first-order valence-electron chi connectivity index (χ1n) is 8.81. The van der Waals surface area contributed by atoms with Crippen LogP contribution >= 0.6 is 11.3 Å². The van der Waals surface area contributed by atoms with E-state index in [2.05, 4.69) is 11.4 Å². The third-order valence-corrected chi connectivity index (χ3v) is 5.77. The van der Waals surface area contributed by atoms with Crippen molar-refractivity contribution in [1.82, 2.24) is 0 Å². The first-order chi connectivity index (χ1) is 13.0. The summed E-state index contributed by atoms with van der Waals surface area (Å²) in [7, 11) is 0. The number of carbonyl (C=O) groups is 2. The summed E-state index contributed by atoms with van der Waals surface area (Å²) in [6, 6.07) is 6.63. The Labute approximate surface area is 161 Å². The number of fused-ring (bicyclic) bond motifs is 1. The van der Waals surface area contributed by atoms with Crippen LogP contribution in [0.5, 0.6) is 5.75 Å². The molecular weight excluding hydrogens is 364 g/mol. The maximum Gasteiger partial charge on any atom is 0.338 e. The maximum atomic E-state index is 12.2. The van der Waals surface area contributed by atoms with E-state index in [1.165, 1.54) is 23.5 Å². The molecule has 0 spiro atoms. The Morgan fingerprint density at radius 3 is 2.81 bits per heavy atom. The number of nitrogens with zero attached hydrogens (tertiary/aromatic N) is 1. The molecule has 0 fully saturated rings. The third-order valence-electron chi connectivity index (χ3n) is 4.57. The van der Waals surface area contributed by atoms with Crippen molar-refractivity contribution >= 4 is 28.2 Å². The second-order valence-electron chi connectivity index (χ2n) is 6.51. The number of rotatable bonds is 4. The number of hydrogen-bond acceptors (Lipinski definition) is 6. The number of phenols is 1. The molecule has 27 heavy (non-hydrogen) atoms. The molecule has 0 atom stereocenters. The highest BCUT2D eigenvalue weighted by Crippen LogP contribution is 2.36. The Balaban J connectivity index is 1.63. The molecule has 2 aromatic rings. The summed E-state index contributed by atoms with van der Waals surface area (Å²) >= 11 is 1.43. The van der Waals surface area contributed by atoms with Crippen LogP contribution in [0, 0.1) is 18.3 Å². The number of benzene rings is 1. The van der Waals surface area contributed by atoms with Crippen LogP contribution in [-0.4, -0.2) is 23.6 Å². The van der Waals surface area contributed by atoms with Crippen molar-refractivity contribution in [2.24, 2.45) is 0 Å². The zero-order chi connectivity index (χ0) is 19.4. The average Bonchev–Trinajstić information content (AvgIpc) is 2.81. The van der Waals surface area contributed by atoms with Gasteiger partial charge in [0.15, 0.2) is 6.61 Å². The minimum absolute atomic E-state index is 0.00681. The monoisotopic (exact) mass is 384 g/mol. The highest BCUT2D eigenvalue weighted by Gasteiger charge is 2.21. The molecule has 1 aromatic heterocycles. The molecule has 1 aliphatic rings. The number of aromatic hydroxyl groups is 1. The number of esters is 1. The number of amides is 1. The molecule has 140 valence electrons. The van der Waals surface area contributed by atoms with Crippen molar-refractivity contribution in [2.75, 3.05) is 11.9 Å². The van der Waals surface area contributed by atoms with Crippen LogP contribution in [0.1, 0.15) is 51.2 Å². The number of nitrogens with one attached hydrogen (secondary N) is 1. The average molecular weight is 384 g/mol. The minimum Gasteiger partial charge on any atom is -0.508 e. The van der Waals surface area contributed by atoms with Crippen molar-refractivity contribution in [3.05, 3.63) is 45.3 Å². The van der Waals surface area contributed by atoms with Crippen molar-refractivity contribution in [3.63, 3.8) is 0 Å². The summed E-state index contributed by atoms with van der Waals surface area (Å²) in [5, 5.41) is 22.4. The van der Waals surface area contributed by atoms with Crippen LogP contribution in [-0.2, 0) is 22.4 Å². The summed E-state index contributed by atoms with van der Waals surface area (Å²) in [6.45, 7) is 1.26. The van der Waals surface area contributed by atoms with E-state index in [4.69, 9.17) is 4.74 Å². The summed E-state index contributed by atoms with van der Waals surface area (Å²) in [4.78, 5) is 25.4. The topological polar surface area (TPSA) is 99.4 Å². The molecule has 1 amide bonds. The van der Waals surface area contributed by atoms with Gasteiger partial charge in [-0.2, -0.15) is 5.26 Å². The summed E-state index contributed by atoms with van der Waals surface area (Å²) in [5.74, 6) is -1.19. The van der Waals surface area contributed by atoms with Gasteiger partial charge in [0.2, 0.25) is 0 Å². The largest absolute Gasteiger partial charge is 0.508 e. The van der Waals surface area contributed by atoms with Gasteiger partial charge >= 0.3 is 5.97 Å². The molecule has 0 bridgehead atoms. The second-order valence-corrected chi connectivity index (χ2v) is 7.61. The second kappa shape index (κ2) is 8.23. The van der Waals surface area contributed by atoms with Crippen LogP contribution in [0.15, 0.2) is 18.2 Å². The summed E-state index contributed by atoms with van der Waals surface area (Å²) in [5.41, 5.74) is 2.39. The first-order valence-corrected chi connectivity index (χ1v) is 9.62. The van der Waals surface area contributed by atoms with Gasteiger partial charge in [0, 0.05) is 4.88 Å². The van der Waals surface area contributed by atoms with E-state index in [-0.39, 0.29) is 11.3 Å². The Kier molecular flexibility index (Phi) is 5.77. The zero-order valence-corrected chi connectivity index (χ0v) is 15.8. The molecule has 3 rings (SSSR count). The molecular formula is C20H20N2O4S. The van der Waals surface area contributed by atoms with Gasteiger partial charge in [0.05, 0.1) is 11.1 Å². The van der Waals surface area contributed by atoms with Crippen LogP contribution < -0.4 is 5.32 Å². The number of hydrogen-bond donors (Lipinski definition) is 2. The lowest BCUT2D eigenvalue weighted by molar-refractivity contribution is -0.119. The van der Waals surface area contributed by atoms with Crippen LogP contribution in [0.4, 0.5) is 5.00 Å². The smallest absolute Gasteiger partial charge is 0.338 e. The van der Waals surface area contributed by atoms with E-state index in [1.54, 1.807) is 13.0 Å². The molecule has 1 heterocycles. The molecule has 7 heteroatoms. The van der Waals surface area contributed by atoms with Crippen molar-refractivity contribution < 1.29 is 19.4 Å². The number of carbonyl (C=O) groups excluding carboxylic acids is 2. The van der Waals surface area contributed by atoms with Gasteiger partial charge in [0.25, 0.3) is 5.91 Å². The van der Waals surface area contributed by atoms with E-state index < -0.39 is 18.5 Å². The van der Waals surface area contributed by atoms with Crippen LogP contribution in [0.2, 0.25) is 0 Å². The van der Waals surface area contributed by atoms with E-state index in [9.17, 15) is 20.0 Å². The van der Waals surface area contributed by atoms with Gasteiger partial charge in [-0.25, -0.2) is 4.79 Å². The zero-order valence-electron chi connectivity index (χ0n) is 15.0. The fraction of sp³-hybridized carbons (Fsp3) is 0.350. The number of ether oxygens (including phenoxy) is 1. The first kappa shape index (κ1) is 18.9. The lowest BCUT2D eigenvalue weighted by Crippen LogP contribution is -2.20. The van der Waals surface area contributed by atoms with Gasteiger partial charge in [-0.15, -0.1) is 11.3 Å². The molecule has 1 aliphatic carbocycles. The van der Waals surface area contributed by atoms with Gasteiger partial charge in [0.1, 0.15) is 16.8 Å². The van der Waals surface area contributed by atoms with E-state index >= 15 is 0 Å². The van der Waals surface area contributed by atoms with Gasteiger partial charge in [-0.05, 0) is 55.9 Å². The summed E-state index contributed by atoms with van der Waals surface area (Å²) < 4.78 is 5.01. The predicted octanol–water partition coefficient (Wildman–Crippen LogP) is 3.70. The van der Waals surface area contributed by atoms with Gasteiger partial charge in [-0.1, -0.05) is 12.5 Å². The van der Waals surface area contributed by atoms with Crippen LogP contribution in [0.3, 0.4) is 0 Å². The molecule has 0 saturated heterocycles. The van der Waals surface area contributed by atoms with Gasteiger partial charge < -0.3 is 15.2 Å². The lowest BCUT2D eigenvalue weighted by atomic mass is 10.1.